The van der Waals surface area contributed by atoms with Gasteiger partial charge in [0.1, 0.15) is 0 Å². The molecule has 0 aliphatic carbocycles. The van der Waals surface area contributed by atoms with Crippen molar-refractivity contribution in [2.24, 2.45) is 5.92 Å². The molecule has 5 heteroatoms. The average Bonchev–Trinajstić information content (AvgIpc) is 2.14. The van der Waals surface area contributed by atoms with Crippen molar-refractivity contribution >= 4 is 23.5 Å². The first-order chi connectivity index (χ1) is 6.51. The van der Waals surface area contributed by atoms with Gasteiger partial charge in [0, 0.05) is 0 Å². The summed E-state index contributed by atoms with van der Waals surface area (Å²) in [6.07, 6.45) is -0.0326. The molecule has 0 saturated carbocycles. The molecule has 14 heavy (non-hydrogen) atoms. The van der Waals surface area contributed by atoms with Gasteiger partial charge in [0.25, 0.3) is 0 Å². The van der Waals surface area contributed by atoms with Crippen LogP contribution < -0.4 is 5.32 Å². The third-order valence-electron chi connectivity index (χ3n) is 1.70. The Balaban J connectivity index is 4.24. The molecular formula is C9H16ClNO3. The maximum absolute atomic E-state index is 11.3. The fraction of sp³-hybridized carbons (Fsp3) is 0.778. The monoisotopic (exact) mass is 221 g/mol. The van der Waals surface area contributed by atoms with Crippen molar-refractivity contribution in [3.63, 3.8) is 0 Å². The first kappa shape index (κ1) is 13.2. The molecule has 1 N–H and O–H groups in total. The Hall–Kier alpha value is -0.770. The van der Waals surface area contributed by atoms with Crippen molar-refractivity contribution in [3.8, 4) is 0 Å². The number of methoxy groups -OCH3 is 1. The standard InChI is InChI=1S/C9H16ClNO3/c1-6(2)4-7(8(12)5-10)11-9(13)14-3/h6-7H,4-5H2,1-3H3,(H,11,13)/t7-/m0/s1. The van der Waals surface area contributed by atoms with Crippen LogP contribution in [0.2, 0.25) is 0 Å². The van der Waals surface area contributed by atoms with Crippen molar-refractivity contribution in [1.29, 1.82) is 0 Å². The zero-order valence-corrected chi connectivity index (χ0v) is 9.43. The summed E-state index contributed by atoms with van der Waals surface area (Å²) in [7, 11) is 1.26. The van der Waals surface area contributed by atoms with Crippen molar-refractivity contribution in [2.75, 3.05) is 13.0 Å². The van der Waals surface area contributed by atoms with Gasteiger partial charge >= 0.3 is 6.09 Å². The second kappa shape index (κ2) is 6.65. The second-order valence-electron chi connectivity index (χ2n) is 3.42. The van der Waals surface area contributed by atoms with Gasteiger partial charge in [0.2, 0.25) is 0 Å². The highest BCUT2D eigenvalue weighted by atomic mass is 35.5. The van der Waals surface area contributed by atoms with Crippen LogP contribution in [0, 0.1) is 5.92 Å². The number of carbonyl (C=O) groups is 2. The maximum Gasteiger partial charge on any atom is 0.407 e. The Bertz CT molecular complexity index is 206. The van der Waals surface area contributed by atoms with Crippen LogP contribution in [0.1, 0.15) is 20.3 Å². The molecular weight excluding hydrogens is 206 g/mol. The molecule has 0 radical (unpaired) electrons. The summed E-state index contributed by atoms with van der Waals surface area (Å²) in [5.41, 5.74) is 0. The van der Waals surface area contributed by atoms with E-state index in [9.17, 15) is 9.59 Å². The number of rotatable bonds is 5. The summed E-state index contributed by atoms with van der Waals surface area (Å²) in [5, 5.41) is 2.45. The van der Waals surface area contributed by atoms with E-state index in [1.165, 1.54) is 7.11 Å². The number of ether oxygens (including phenoxy) is 1. The van der Waals surface area contributed by atoms with Crippen LogP contribution in [0.3, 0.4) is 0 Å². The van der Waals surface area contributed by atoms with E-state index in [1.807, 2.05) is 13.8 Å². The van der Waals surface area contributed by atoms with E-state index in [1.54, 1.807) is 0 Å². The highest BCUT2D eigenvalue weighted by Gasteiger charge is 2.20. The summed E-state index contributed by atoms with van der Waals surface area (Å²) in [4.78, 5) is 22.2. The minimum absolute atomic E-state index is 0.0959. The Labute approximate surface area is 88.9 Å². The number of hydrogen-bond acceptors (Lipinski definition) is 3. The number of ketones is 1. The summed E-state index contributed by atoms with van der Waals surface area (Å²) in [5.74, 6) is 0.0246. The lowest BCUT2D eigenvalue weighted by atomic mass is 10.0. The number of carbonyl (C=O) groups excluding carboxylic acids is 2. The summed E-state index contributed by atoms with van der Waals surface area (Å²) in [6, 6.07) is -0.542. The van der Waals surface area contributed by atoms with Gasteiger partial charge in [0.05, 0.1) is 19.0 Å². The quantitative estimate of drug-likeness (QED) is 0.717. The number of Topliss-reactive ketones (excluding diaryl/α,β-unsaturated/α-hetero) is 1. The van der Waals surface area contributed by atoms with Crippen LogP contribution in [0.15, 0.2) is 0 Å². The summed E-state index contributed by atoms with van der Waals surface area (Å²) < 4.78 is 4.41. The van der Waals surface area contributed by atoms with Crippen LogP contribution >= 0.6 is 11.6 Å². The molecule has 0 aromatic heterocycles. The van der Waals surface area contributed by atoms with Gasteiger partial charge in [-0.15, -0.1) is 11.6 Å². The Morgan fingerprint density at radius 2 is 2.00 bits per heavy atom. The van der Waals surface area contributed by atoms with E-state index in [4.69, 9.17) is 11.6 Å². The van der Waals surface area contributed by atoms with E-state index < -0.39 is 12.1 Å². The topological polar surface area (TPSA) is 55.4 Å². The molecule has 4 nitrogen and oxygen atoms in total. The van der Waals surface area contributed by atoms with Gasteiger partial charge in [-0.25, -0.2) is 4.79 Å². The molecule has 1 atom stereocenters. The Kier molecular flexibility index (Phi) is 6.28. The Morgan fingerprint density at radius 1 is 1.43 bits per heavy atom. The van der Waals surface area contributed by atoms with E-state index in [0.717, 1.165) is 0 Å². The lowest BCUT2D eigenvalue weighted by Gasteiger charge is -2.17. The molecule has 0 rings (SSSR count). The SMILES string of the molecule is COC(=O)N[C@@H](CC(C)C)C(=O)CCl. The molecule has 0 bridgehead atoms. The molecule has 0 spiro atoms. The van der Waals surface area contributed by atoms with Crippen LogP contribution in [0.25, 0.3) is 0 Å². The molecule has 0 aromatic carbocycles. The maximum atomic E-state index is 11.3. The number of halogens is 1. The Morgan fingerprint density at radius 3 is 2.36 bits per heavy atom. The van der Waals surface area contributed by atoms with Crippen molar-refractivity contribution < 1.29 is 14.3 Å². The molecule has 82 valence electrons. The lowest BCUT2D eigenvalue weighted by Crippen LogP contribution is -2.42. The normalized spacial score (nSPS) is 12.4. The van der Waals surface area contributed by atoms with E-state index >= 15 is 0 Å². The fourth-order valence-electron chi connectivity index (χ4n) is 1.04. The van der Waals surface area contributed by atoms with Gasteiger partial charge in [-0.1, -0.05) is 13.8 Å². The van der Waals surface area contributed by atoms with Crippen LogP contribution in [0.4, 0.5) is 4.79 Å². The minimum Gasteiger partial charge on any atom is -0.453 e. The van der Waals surface area contributed by atoms with Crippen LogP contribution in [-0.2, 0) is 9.53 Å². The fourth-order valence-corrected chi connectivity index (χ4v) is 1.22. The highest BCUT2D eigenvalue weighted by Crippen LogP contribution is 2.06. The molecule has 0 heterocycles. The summed E-state index contributed by atoms with van der Waals surface area (Å²) in [6.45, 7) is 3.93. The van der Waals surface area contributed by atoms with Gasteiger partial charge in [-0.05, 0) is 12.3 Å². The number of nitrogens with one attached hydrogen (secondary N) is 1. The third-order valence-corrected chi connectivity index (χ3v) is 1.97. The number of alkyl halides is 1. The zero-order valence-electron chi connectivity index (χ0n) is 8.67. The molecule has 1 amide bonds. The summed E-state index contributed by atoms with van der Waals surface area (Å²) >= 11 is 5.42. The van der Waals surface area contributed by atoms with Gasteiger partial charge < -0.3 is 10.1 Å². The first-order valence-electron chi connectivity index (χ1n) is 4.44. The van der Waals surface area contributed by atoms with E-state index in [0.29, 0.717) is 12.3 Å². The van der Waals surface area contributed by atoms with Gasteiger partial charge in [-0.3, -0.25) is 4.79 Å². The molecule has 0 aliphatic rings. The smallest absolute Gasteiger partial charge is 0.407 e. The third kappa shape index (κ3) is 5.07. The lowest BCUT2D eigenvalue weighted by molar-refractivity contribution is -0.118. The largest absolute Gasteiger partial charge is 0.453 e. The van der Waals surface area contributed by atoms with E-state index in [2.05, 4.69) is 10.1 Å². The van der Waals surface area contributed by atoms with Crippen molar-refractivity contribution in [1.82, 2.24) is 5.32 Å². The van der Waals surface area contributed by atoms with Crippen LogP contribution in [-0.4, -0.2) is 30.9 Å². The van der Waals surface area contributed by atoms with Crippen LogP contribution in [0.5, 0.6) is 0 Å². The van der Waals surface area contributed by atoms with Gasteiger partial charge in [-0.2, -0.15) is 0 Å². The van der Waals surface area contributed by atoms with E-state index in [-0.39, 0.29) is 11.7 Å². The number of amides is 1. The molecule has 0 saturated heterocycles. The highest BCUT2D eigenvalue weighted by molar-refractivity contribution is 6.28. The molecule has 0 aliphatic heterocycles. The first-order valence-corrected chi connectivity index (χ1v) is 4.97. The van der Waals surface area contributed by atoms with Gasteiger partial charge in [0.15, 0.2) is 5.78 Å². The number of alkyl carbamates (subject to hydrolysis) is 1. The minimum atomic E-state index is -0.603. The van der Waals surface area contributed by atoms with Crippen molar-refractivity contribution in [3.05, 3.63) is 0 Å². The zero-order chi connectivity index (χ0) is 11.1. The second-order valence-corrected chi connectivity index (χ2v) is 3.69. The molecule has 0 aromatic rings. The predicted molar refractivity (Wildman–Crippen MR) is 54.5 cm³/mol. The molecule has 0 fully saturated rings. The average molecular weight is 222 g/mol. The molecule has 0 unspecified atom stereocenters. The van der Waals surface area contributed by atoms with Crippen molar-refractivity contribution in [2.45, 2.75) is 26.3 Å². The predicted octanol–water partition coefficient (Wildman–Crippen LogP) is 1.56. The number of hydrogen-bond donors (Lipinski definition) is 1.